The molecule has 2 aromatic rings. The van der Waals surface area contributed by atoms with Gasteiger partial charge in [-0.05, 0) is 29.6 Å². The number of benzene rings is 1. The monoisotopic (exact) mass is 289 g/mol. The van der Waals surface area contributed by atoms with E-state index in [0.29, 0.717) is 26.7 Å². The van der Waals surface area contributed by atoms with Crippen molar-refractivity contribution in [3.8, 4) is 0 Å². The molecule has 0 fully saturated rings. The SMILES string of the molecule is O=C1Nc2ccc(Cl)cc2/C1=C/C(=O)c1cccs1. The van der Waals surface area contributed by atoms with E-state index in [4.69, 9.17) is 11.6 Å². The molecule has 0 bridgehead atoms. The Morgan fingerprint density at radius 2 is 2.16 bits per heavy atom. The van der Waals surface area contributed by atoms with Gasteiger partial charge in [-0.1, -0.05) is 17.7 Å². The number of nitrogens with one attached hydrogen (secondary N) is 1. The lowest BCUT2D eigenvalue weighted by atomic mass is 10.1. The van der Waals surface area contributed by atoms with Gasteiger partial charge in [0.15, 0.2) is 5.78 Å². The molecule has 1 N–H and O–H groups in total. The lowest BCUT2D eigenvalue weighted by Crippen LogP contribution is -2.05. The summed E-state index contributed by atoms with van der Waals surface area (Å²) in [4.78, 5) is 24.5. The van der Waals surface area contributed by atoms with Crippen LogP contribution in [-0.4, -0.2) is 11.7 Å². The molecule has 2 heterocycles. The Kier molecular flexibility index (Phi) is 2.97. The smallest absolute Gasteiger partial charge is 0.256 e. The highest BCUT2D eigenvalue weighted by molar-refractivity contribution is 7.12. The molecule has 0 radical (unpaired) electrons. The molecule has 0 spiro atoms. The first-order valence-electron chi connectivity index (χ1n) is 5.56. The molecule has 5 heteroatoms. The summed E-state index contributed by atoms with van der Waals surface area (Å²) in [6.07, 6.45) is 1.36. The summed E-state index contributed by atoms with van der Waals surface area (Å²) < 4.78 is 0. The highest BCUT2D eigenvalue weighted by Crippen LogP contribution is 2.34. The number of carbonyl (C=O) groups excluding carboxylic acids is 2. The van der Waals surface area contributed by atoms with E-state index in [1.54, 1.807) is 30.3 Å². The maximum Gasteiger partial charge on any atom is 0.256 e. The third kappa shape index (κ3) is 2.20. The van der Waals surface area contributed by atoms with Crippen LogP contribution < -0.4 is 5.32 Å². The molecule has 0 unspecified atom stereocenters. The molecule has 1 aliphatic rings. The van der Waals surface area contributed by atoms with Crippen LogP contribution in [0.2, 0.25) is 5.02 Å². The average molecular weight is 290 g/mol. The summed E-state index contributed by atoms with van der Waals surface area (Å²) >= 11 is 7.27. The molecule has 19 heavy (non-hydrogen) atoms. The van der Waals surface area contributed by atoms with Crippen molar-refractivity contribution < 1.29 is 9.59 Å². The van der Waals surface area contributed by atoms with E-state index >= 15 is 0 Å². The number of thiophene rings is 1. The minimum atomic E-state index is -0.276. The molecule has 0 atom stereocenters. The number of fused-ring (bicyclic) bond motifs is 1. The molecule has 3 nitrogen and oxygen atoms in total. The van der Waals surface area contributed by atoms with E-state index in [1.165, 1.54) is 17.4 Å². The zero-order valence-electron chi connectivity index (χ0n) is 9.64. The second-order valence-corrected chi connectivity index (χ2v) is 5.43. The van der Waals surface area contributed by atoms with Crippen LogP contribution in [0.25, 0.3) is 5.57 Å². The topological polar surface area (TPSA) is 46.2 Å². The first kappa shape index (κ1) is 12.1. The predicted molar refractivity (Wildman–Crippen MR) is 76.7 cm³/mol. The van der Waals surface area contributed by atoms with Gasteiger partial charge in [-0.25, -0.2) is 0 Å². The summed E-state index contributed by atoms with van der Waals surface area (Å²) in [6.45, 7) is 0. The summed E-state index contributed by atoms with van der Waals surface area (Å²) in [5.74, 6) is -0.449. The molecule has 94 valence electrons. The number of anilines is 1. The molecule has 1 aliphatic heterocycles. The minimum Gasteiger partial charge on any atom is -0.321 e. The third-order valence-electron chi connectivity index (χ3n) is 2.80. The van der Waals surface area contributed by atoms with Gasteiger partial charge in [0.2, 0.25) is 0 Å². The van der Waals surface area contributed by atoms with E-state index in [0.717, 1.165) is 0 Å². The molecule has 0 aliphatic carbocycles. The van der Waals surface area contributed by atoms with Gasteiger partial charge in [0.05, 0.1) is 10.5 Å². The zero-order valence-corrected chi connectivity index (χ0v) is 11.2. The highest BCUT2D eigenvalue weighted by atomic mass is 35.5. The Bertz CT molecular complexity index is 704. The Labute approximate surface area is 118 Å². The molecular weight excluding hydrogens is 282 g/mol. The van der Waals surface area contributed by atoms with Crippen LogP contribution in [0.3, 0.4) is 0 Å². The molecule has 0 saturated carbocycles. The van der Waals surface area contributed by atoms with Crippen molar-refractivity contribution >= 4 is 45.9 Å². The molecular formula is C14H8ClNO2S. The number of rotatable bonds is 2. The highest BCUT2D eigenvalue weighted by Gasteiger charge is 2.25. The zero-order chi connectivity index (χ0) is 13.4. The van der Waals surface area contributed by atoms with E-state index < -0.39 is 0 Å². The predicted octanol–water partition coefficient (Wildman–Crippen LogP) is 3.62. The summed E-state index contributed by atoms with van der Waals surface area (Å²) in [7, 11) is 0. The van der Waals surface area contributed by atoms with Crippen LogP contribution in [0.4, 0.5) is 5.69 Å². The number of amides is 1. The number of allylic oxidation sites excluding steroid dienone is 1. The summed E-state index contributed by atoms with van der Waals surface area (Å²) in [5.41, 5.74) is 1.71. The normalized spacial score (nSPS) is 15.4. The molecule has 1 aromatic carbocycles. The Balaban J connectivity index is 2.04. The van der Waals surface area contributed by atoms with Crippen molar-refractivity contribution in [1.29, 1.82) is 0 Å². The largest absolute Gasteiger partial charge is 0.321 e. The minimum absolute atomic E-state index is 0.173. The fourth-order valence-electron chi connectivity index (χ4n) is 1.92. The second-order valence-electron chi connectivity index (χ2n) is 4.04. The lowest BCUT2D eigenvalue weighted by Gasteiger charge is -1.98. The first-order valence-corrected chi connectivity index (χ1v) is 6.82. The first-order chi connectivity index (χ1) is 9.15. The van der Waals surface area contributed by atoms with Gasteiger partial charge in [0.1, 0.15) is 0 Å². The van der Waals surface area contributed by atoms with E-state index in [2.05, 4.69) is 5.32 Å². The number of hydrogen-bond donors (Lipinski definition) is 1. The molecule has 0 saturated heterocycles. The van der Waals surface area contributed by atoms with Crippen LogP contribution in [0.5, 0.6) is 0 Å². The number of hydrogen-bond acceptors (Lipinski definition) is 3. The maximum absolute atomic E-state index is 12.0. The van der Waals surface area contributed by atoms with Gasteiger partial charge < -0.3 is 5.32 Å². The Hall–Kier alpha value is -1.91. The van der Waals surface area contributed by atoms with Gasteiger partial charge >= 0.3 is 0 Å². The number of halogens is 1. The number of ketones is 1. The van der Waals surface area contributed by atoms with E-state index in [-0.39, 0.29) is 11.7 Å². The lowest BCUT2D eigenvalue weighted by molar-refractivity contribution is -0.110. The van der Waals surface area contributed by atoms with Crippen molar-refractivity contribution in [1.82, 2.24) is 0 Å². The second kappa shape index (κ2) is 4.64. The fraction of sp³-hybridized carbons (Fsp3) is 0. The number of carbonyl (C=O) groups is 2. The summed E-state index contributed by atoms with van der Waals surface area (Å²) in [6, 6.07) is 8.64. The third-order valence-corrected chi connectivity index (χ3v) is 3.92. The fourth-order valence-corrected chi connectivity index (χ4v) is 2.73. The van der Waals surface area contributed by atoms with Crippen molar-refractivity contribution in [3.05, 3.63) is 57.3 Å². The van der Waals surface area contributed by atoms with E-state index in [9.17, 15) is 9.59 Å². The van der Waals surface area contributed by atoms with Crippen molar-refractivity contribution in [2.24, 2.45) is 0 Å². The van der Waals surface area contributed by atoms with Gasteiger partial charge in [-0.2, -0.15) is 0 Å². The molecule has 3 rings (SSSR count). The Morgan fingerprint density at radius 1 is 1.32 bits per heavy atom. The van der Waals surface area contributed by atoms with Crippen molar-refractivity contribution in [2.45, 2.75) is 0 Å². The Morgan fingerprint density at radius 3 is 2.89 bits per heavy atom. The quantitative estimate of drug-likeness (QED) is 0.678. The van der Waals surface area contributed by atoms with Gasteiger partial charge in [0.25, 0.3) is 5.91 Å². The van der Waals surface area contributed by atoms with E-state index in [1.807, 2.05) is 5.38 Å². The van der Waals surface area contributed by atoms with Gasteiger partial charge in [-0.15, -0.1) is 11.3 Å². The maximum atomic E-state index is 12.0. The standard InChI is InChI=1S/C14H8ClNO2S/c15-8-3-4-11-9(6-8)10(14(18)16-11)7-12(17)13-2-1-5-19-13/h1-7H,(H,16,18)/b10-7-. The van der Waals surface area contributed by atoms with Crippen LogP contribution in [0.1, 0.15) is 15.2 Å². The van der Waals surface area contributed by atoms with Gasteiger partial charge in [0, 0.05) is 22.3 Å². The average Bonchev–Trinajstić information content (AvgIpc) is 2.99. The van der Waals surface area contributed by atoms with Crippen molar-refractivity contribution in [3.63, 3.8) is 0 Å². The summed E-state index contributed by atoms with van der Waals surface area (Å²) in [5, 5.41) is 5.07. The van der Waals surface area contributed by atoms with Gasteiger partial charge in [-0.3, -0.25) is 9.59 Å². The van der Waals surface area contributed by atoms with Crippen LogP contribution in [0.15, 0.2) is 41.8 Å². The van der Waals surface area contributed by atoms with Crippen molar-refractivity contribution in [2.75, 3.05) is 5.32 Å². The molecule has 1 aromatic heterocycles. The van der Waals surface area contributed by atoms with Crippen LogP contribution >= 0.6 is 22.9 Å². The molecule has 1 amide bonds. The van der Waals surface area contributed by atoms with Crippen LogP contribution in [-0.2, 0) is 4.79 Å². The van der Waals surface area contributed by atoms with Crippen LogP contribution in [0, 0.1) is 0 Å².